The molecule has 0 fully saturated rings. The van der Waals surface area contributed by atoms with Crippen LogP contribution in [0.15, 0.2) is 47.5 Å². The van der Waals surface area contributed by atoms with Crippen LogP contribution in [-0.4, -0.2) is 4.70 Å². The Balaban J connectivity index is 0.00000800. The second kappa shape index (κ2) is 27.6. The van der Waals surface area contributed by atoms with Crippen molar-refractivity contribution < 1.29 is 21.2 Å². The van der Waals surface area contributed by atoms with Crippen molar-refractivity contribution in [1.82, 2.24) is 0 Å². The monoisotopic (exact) mass is 727 g/mol. The summed E-state index contributed by atoms with van der Waals surface area (Å²) in [6, 6.07) is 14.6. The summed E-state index contributed by atoms with van der Waals surface area (Å²) in [6.07, 6.45) is 27.5. The van der Waals surface area contributed by atoms with E-state index in [1.54, 1.807) is 4.70 Å². The van der Waals surface area contributed by atoms with Gasteiger partial charge in [-0.1, -0.05) is 124 Å². The van der Waals surface area contributed by atoms with E-state index in [2.05, 4.69) is 77.9 Å². The molecule has 0 aromatic heterocycles. The SMILES string of the molecule is CCCCCCc1cc(CCCCCC)cc(C2=C(CCCCC)C(CCCC)=C(c3cc(CCCC)cc(CCCC)c3)[N+]2=[N-])c1.[CH3-].[CH3-].[Ni+2]. The molecule has 50 heavy (non-hydrogen) atoms. The van der Waals surface area contributed by atoms with Crippen molar-refractivity contribution in [3.05, 3.63) is 101 Å². The first-order valence-corrected chi connectivity index (χ1v) is 20.2. The summed E-state index contributed by atoms with van der Waals surface area (Å²) in [5.74, 6) is 0. The first-order valence-electron chi connectivity index (χ1n) is 20.2. The van der Waals surface area contributed by atoms with Gasteiger partial charge in [0.2, 0.25) is 11.4 Å². The van der Waals surface area contributed by atoms with Crippen LogP contribution in [0.5, 0.6) is 0 Å². The maximum absolute atomic E-state index is 12.5. The summed E-state index contributed by atoms with van der Waals surface area (Å²) in [5.41, 5.74) is 25.6. The second-order valence-corrected chi connectivity index (χ2v) is 14.4. The van der Waals surface area contributed by atoms with E-state index in [0.29, 0.717) is 0 Å². The van der Waals surface area contributed by atoms with Crippen LogP contribution in [0.2, 0.25) is 0 Å². The molecular formula is C47H76N2Ni. The molecule has 3 rings (SSSR count). The van der Waals surface area contributed by atoms with Crippen molar-refractivity contribution >= 4 is 11.4 Å². The fourth-order valence-corrected chi connectivity index (χ4v) is 7.34. The molecule has 0 unspecified atom stereocenters. The van der Waals surface area contributed by atoms with E-state index in [-0.39, 0.29) is 31.3 Å². The molecule has 284 valence electrons. The summed E-state index contributed by atoms with van der Waals surface area (Å²) in [7, 11) is 0. The van der Waals surface area contributed by atoms with Crippen LogP contribution in [0, 0.1) is 14.9 Å². The molecule has 1 aliphatic heterocycles. The van der Waals surface area contributed by atoms with E-state index < -0.39 is 0 Å². The Morgan fingerprint density at radius 2 is 0.660 bits per heavy atom. The van der Waals surface area contributed by atoms with E-state index in [0.717, 1.165) is 62.8 Å². The quantitative estimate of drug-likeness (QED) is 0.0421. The van der Waals surface area contributed by atoms with Crippen molar-refractivity contribution in [2.75, 3.05) is 0 Å². The number of benzene rings is 2. The normalized spacial score (nSPS) is 12.6. The van der Waals surface area contributed by atoms with Crippen molar-refractivity contribution in [1.29, 1.82) is 0 Å². The van der Waals surface area contributed by atoms with E-state index in [4.69, 9.17) is 0 Å². The molecule has 0 atom stereocenters. The summed E-state index contributed by atoms with van der Waals surface area (Å²) < 4.78 is 1.66. The summed E-state index contributed by atoms with van der Waals surface area (Å²) in [4.78, 5) is 0. The Morgan fingerprint density at radius 3 is 1.02 bits per heavy atom. The molecule has 0 bridgehead atoms. The molecule has 2 nitrogen and oxygen atoms in total. The fourth-order valence-electron chi connectivity index (χ4n) is 7.34. The minimum Gasteiger partial charge on any atom is -0.493 e. The Kier molecular flexibility index (Phi) is 26.5. The van der Waals surface area contributed by atoms with Gasteiger partial charge in [-0.2, -0.15) is 0 Å². The first-order chi connectivity index (χ1) is 23.0. The zero-order valence-corrected chi connectivity index (χ0v) is 34.9. The Morgan fingerprint density at radius 1 is 0.380 bits per heavy atom. The minimum absolute atomic E-state index is 0. The van der Waals surface area contributed by atoms with Crippen LogP contribution in [0.25, 0.3) is 16.9 Å². The van der Waals surface area contributed by atoms with Crippen molar-refractivity contribution in [2.24, 2.45) is 0 Å². The average molecular weight is 728 g/mol. The van der Waals surface area contributed by atoms with Gasteiger partial charge in [-0.05, 0) is 124 Å². The van der Waals surface area contributed by atoms with E-state index in [9.17, 15) is 5.53 Å². The maximum atomic E-state index is 12.5. The van der Waals surface area contributed by atoms with Crippen LogP contribution in [0.4, 0.5) is 0 Å². The third-order valence-corrected chi connectivity index (χ3v) is 10.1. The predicted molar refractivity (Wildman–Crippen MR) is 220 cm³/mol. The molecule has 0 spiro atoms. The molecule has 0 radical (unpaired) electrons. The molecule has 0 N–H and O–H groups in total. The summed E-state index contributed by atoms with van der Waals surface area (Å²) >= 11 is 0. The number of hydrogen-bond donors (Lipinski definition) is 0. The smallest absolute Gasteiger partial charge is 0.493 e. The van der Waals surface area contributed by atoms with Gasteiger partial charge in [0.1, 0.15) is 0 Å². The van der Waals surface area contributed by atoms with Crippen molar-refractivity contribution in [3.8, 4) is 0 Å². The topological polar surface area (TPSA) is 25.3 Å². The molecule has 0 amide bonds. The Hall–Kier alpha value is -1.99. The van der Waals surface area contributed by atoms with Gasteiger partial charge in [-0.15, -0.1) is 0 Å². The number of unbranched alkanes of at least 4 members (excludes halogenated alkanes) is 11. The number of allylic oxidation sites excluding steroid dienone is 2. The minimum atomic E-state index is 0. The molecule has 1 aliphatic rings. The van der Waals surface area contributed by atoms with Gasteiger partial charge in [0.25, 0.3) is 0 Å². The molecule has 2 aromatic carbocycles. The number of rotatable bonds is 25. The molecule has 1 heterocycles. The largest absolute Gasteiger partial charge is 2.00 e. The van der Waals surface area contributed by atoms with Gasteiger partial charge in [0.15, 0.2) is 0 Å². The fraction of sp³-hybridized carbons (Fsp3) is 0.617. The molecule has 0 saturated heterocycles. The van der Waals surface area contributed by atoms with Crippen LogP contribution >= 0.6 is 0 Å². The molecule has 0 saturated carbocycles. The molecule has 0 aliphatic carbocycles. The summed E-state index contributed by atoms with van der Waals surface area (Å²) in [6.45, 7) is 13.8. The Bertz CT molecular complexity index is 1240. The van der Waals surface area contributed by atoms with Gasteiger partial charge in [-0.3, -0.25) is 0 Å². The zero-order valence-electron chi connectivity index (χ0n) is 33.9. The van der Waals surface area contributed by atoms with Crippen LogP contribution in [-0.2, 0) is 42.2 Å². The van der Waals surface area contributed by atoms with Crippen LogP contribution in [0.1, 0.15) is 197 Å². The third kappa shape index (κ3) is 14.9. The summed E-state index contributed by atoms with van der Waals surface area (Å²) in [5, 5.41) is 0. The molecule has 2 aromatic rings. The van der Waals surface area contributed by atoms with E-state index in [1.807, 2.05) is 0 Å². The predicted octanol–water partition coefficient (Wildman–Crippen LogP) is 15.5. The van der Waals surface area contributed by atoms with Gasteiger partial charge in [0, 0.05) is 22.3 Å². The van der Waals surface area contributed by atoms with Crippen LogP contribution in [0.3, 0.4) is 0 Å². The maximum Gasteiger partial charge on any atom is 2.00 e. The molecule has 3 heteroatoms. The number of nitrogens with zero attached hydrogens (tertiary/aromatic N) is 2. The number of hydrogen-bond acceptors (Lipinski definition) is 0. The van der Waals surface area contributed by atoms with E-state index >= 15 is 0 Å². The standard InChI is InChI=1S/C45H70N2.2CH3.Ni/c1-7-13-19-22-26-38-31-39(27-23-20-14-8-2)35-41(34-38)45-43(29-21-15-9-3)42(28-18-12-6)44(47(45)46)40-32-36(24-16-10-4)30-37(33-40)25-17-11-5;;;/h30-35H,7-29H2,1-6H3;2*1H3;/q;2*-1;+2. The second-order valence-electron chi connectivity index (χ2n) is 14.4. The van der Waals surface area contributed by atoms with Crippen molar-refractivity contribution in [2.45, 2.75) is 189 Å². The Labute approximate surface area is 321 Å². The number of aryl methyl sites for hydroxylation is 4. The van der Waals surface area contributed by atoms with Gasteiger partial charge in [-0.25, -0.2) is 4.70 Å². The average Bonchev–Trinajstić information content (AvgIpc) is 3.36. The van der Waals surface area contributed by atoms with E-state index in [1.165, 1.54) is 141 Å². The van der Waals surface area contributed by atoms with Crippen LogP contribution < -0.4 is 0 Å². The first kappa shape index (κ1) is 48.0. The molecular weight excluding hydrogens is 651 g/mol. The van der Waals surface area contributed by atoms with Crippen molar-refractivity contribution in [3.63, 3.8) is 0 Å². The third-order valence-electron chi connectivity index (χ3n) is 10.1. The zero-order chi connectivity index (χ0) is 33.9. The van der Waals surface area contributed by atoms with Gasteiger partial charge >= 0.3 is 16.5 Å². The van der Waals surface area contributed by atoms with Gasteiger partial charge < -0.3 is 20.4 Å². The van der Waals surface area contributed by atoms with Gasteiger partial charge in [0.05, 0.1) is 0 Å².